The van der Waals surface area contributed by atoms with Crippen molar-refractivity contribution in [3.63, 3.8) is 0 Å². The van der Waals surface area contributed by atoms with Crippen LogP contribution in [0.3, 0.4) is 0 Å². The van der Waals surface area contributed by atoms with Crippen molar-refractivity contribution in [2.24, 2.45) is 0 Å². The van der Waals surface area contributed by atoms with Crippen molar-refractivity contribution >= 4 is 35.1 Å². The molecule has 0 radical (unpaired) electrons. The standard InChI is InChI=1S/C20H22N6O5/c1-20(2,3)31-19(28)25-11-10-24(18(25)27)17-7-6-16(21-22-17)23-9-8-13-12-14(26(29)30)4-5-15(13)23/h4-7,12H,8-11H2,1-3H3. The largest absolute Gasteiger partial charge is 0.443 e. The Morgan fingerprint density at radius 1 is 1.06 bits per heavy atom. The smallest absolute Gasteiger partial charge is 0.418 e. The van der Waals surface area contributed by atoms with Crippen LogP contribution in [0.2, 0.25) is 0 Å². The first kappa shape index (κ1) is 20.5. The number of anilines is 3. The number of hydrogen-bond donors (Lipinski definition) is 0. The fraction of sp³-hybridized carbons (Fsp3) is 0.400. The summed E-state index contributed by atoms with van der Waals surface area (Å²) < 4.78 is 5.27. The quantitative estimate of drug-likeness (QED) is 0.541. The van der Waals surface area contributed by atoms with E-state index in [0.29, 0.717) is 31.1 Å². The van der Waals surface area contributed by atoms with Crippen molar-refractivity contribution < 1.29 is 19.2 Å². The van der Waals surface area contributed by atoms with E-state index in [9.17, 15) is 19.7 Å². The molecule has 11 heteroatoms. The van der Waals surface area contributed by atoms with E-state index in [1.807, 2.05) is 4.90 Å². The molecule has 11 nitrogen and oxygen atoms in total. The number of non-ortho nitro benzene ring substituents is 1. The number of nitro groups is 1. The average molecular weight is 426 g/mol. The molecule has 0 spiro atoms. The van der Waals surface area contributed by atoms with Gasteiger partial charge >= 0.3 is 12.1 Å². The van der Waals surface area contributed by atoms with Crippen molar-refractivity contribution in [1.29, 1.82) is 0 Å². The van der Waals surface area contributed by atoms with Gasteiger partial charge < -0.3 is 9.64 Å². The molecule has 3 heterocycles. The van der Waals surface area contributed by atoms with Gasteiger partial charge in [-0.3, -0.25) is 15.0 Å². The van der Waals surface area contributed by atoms with E-state index < -0.39 is 22.6 Å². The predicted molar refractivity (Wildman–Crippen MR) is 112 cm³/mol. The van der Waals surface area contributed by atoms with E-state index in [1.54, 1.807) is 45.0 Å². The Kier molecular flexibility index (Phi) is 4.96. The zero-order chi connectivity index (χ0) is 22.3. The van der Waals surface area contributed by atoms with E-state index in [1.165, 1.54) is 11.0 Å². The molecule has 1 saturated heterocycles. The number of imide groups is 1. The number of nitro benzene ring substituents is 1. The van der Waals surface area contributed by atoms with Gasteiger partial charge in [0.15, 0.2) is 11.6 Å². The van der Waals surface area contributed by atoms with Gasteiger partial charge in [-0.1, -0.05) is 0 Å². The Labute approximate surface area is 178 Å². The molecule has 2 aliphatic heterocycles. The summed E-state index contributed by atoms with van der Waals surface area (Å²) in [5, 5.41) is 19.4. The third-order valence-corrected chi connectivity index (χ3v) is 4.98. The normalized spacial score (nSPS) is 16.0. The van der Waals surface area contributed by atoms with Crippen LogP contribution in [0.15, 0.2) is 30.3 Å². The van der Waals surface area contributed by atoms with Crippen LogP contribution in [0, 0.1) is 10.1 Å². The number of aromatic nitrogens is 2. The van der Waals surface area contributed by atoms with Gasteiger partial charge in [-0.25, -0.2) is 14.5 Å². The summed E-state index contributed by atoms with van der Waals surface area (Å²) in [6.45, 7) is 6.34. The molecule has 31 heavy (non-hydrogen) atoms. The van der Waals surface area contributed by atoms with Gasteiger partial charge in [-0.15, -0.1) is 10.2 Å². The summed E-state index contributed by atoms with van der Waals surface area (Å²) in [6.07, 6.45) is -0.0250. The van der Waals surface area contributed by atoms with Gasteiger partial charge in [0.25, 0.3) is 5.69 Å². The first-order valence-electron chi connectivity index (χ1n) is 9.85. The highest BCUT2D eigenvalue weighted by Gasteiger charge is 2.37. The summed E-state index contributed by atoms with van der Waals surface area (Å²) in [6, 6.07) is 7.65. The molecule has 1 fully saturated rings. The minimum Gasteiger partial charge on any atom is -0.443 e. The number of urea groups is 1. The summed E-state index contributed by atoms with van der Waals surface area (Å²) in [5.41, 5.74) is 1.09. The van der Waals surface area contributed by atoms with Crippen LogP contribution in [-0.2, 0) is 11.2 Å². The molecule has 0 N–H and O–H groups in total. The lowest BCUT2D eigenvalue weighted by Gasteiger charge is -2.23. The Hall–Kier alpha value is -3.76. The fourth-order valence-corrected chi connectivity index (χ4v) is 3.58. The van der Waals surface area contributed by atoms with Gasteiger partial charge in [0.1, 0.15) is 5.60 Å². The fourth-order valence-electron chi connectivity index (χ4n) is 3.58. The van der Waals surface area contributed by atoms with Crippen LogP contribution in [0.25, 0.3) is 0 Å². The number of benzene rings is 1. The minimum absolute atomic E-state index is 0.0594. The predicted octanol–water partition coefficient (Wildman–Crippen LogP) is 3.26. The van der Waals surface area contributed by atoms with Crippen LogP contribution >= 0.6 is 0 Å². The molecule has 0 aliphatic carbocycles. The van der Waals surface area contributed by atoms with E-state index in [4.69, 9.17) is 4.74 Å². The number of rotatable bonds is 3. The number of carbonyl (C=O) groups is 2. The third-order valence-electron chi connectivity index (χ3n) is 4.98. The third kappa shape index (κ3) is 3.98. The molecule has 1 aromatic carbocycles. The molecule has 162 valence electrons. The number of amides is 3. The monoisotopic (exact) mass is 426 g/mol. The molecule has 1 aromatic heterocycles. The van der Waals surface area contributed by atoms with Gasteiger partial charge in [-0.2, -0.15) is 0 Å². The van der Waals surface area contributed by atoms with Crippen molar-refractivity contribution in [2.45, 2.75) is 32.8 Å². The second-order valence-electron chi connectivity index (χ2n) is 8.29. The maximum Gasteiger partial charge on any atom is 0.418 e. The number of hydrogen-bond acceptors (Lipinski definition) is 8. The van der Waals surface area contributed by atoms with Gasteiger partial charge in [-0.05, 0) is 51.0 Å². The molecular formula is C20H22N6O5. The minimum atomic E-state index is -0.696. The van der Waals surface area contributed by atoms with Crippen LogP contribution in [0.5, 0.6) is 0 Å². The summed E-state index contributed by atoms with van der Waals surface area (Å²) >= 11 is 0. The average Bonchev–Trinajstić information content (AvgIpc) is 3.30. The lowest BCUT2D eigenvalue weighted by Crippen LogP contribution is -2.40. The summed E-state index contributed by atoms with van der Waals surface area (Å²) in [4.78, 5) is 39.8. The van der Waals surface area contributed by atoms with Crippen molar-refractivity contribution in [1.82, 2.24) is 15.1 Å². The Bertz CT molecular complexity index is 1050. The molecule has 0 bridgehead atoms. The topological polar surface area (TPSA) is 122 Å². The molecule has 0 unspecified atom stereocenters. The zero-order valence-corrected chi connectivity index (χ0v) is 17.4. The van der Waals surface area contributed by atoms with E-state index >= 15 is 0 Å². The lowest BCUT2D eigenvalue weighted by atomic mass is 10.1. The second-order valence-corrected chi connectivity index (χ2v) is 8.29. The Morgan fingerprint density at radius 2 is 1.74 bits per heavy atom. The van der Waals surface area contributed by atoms with Gasteiger partial charge in [0.2, 0.25) is 0 Å². The summed E-state index contributed by atoms with van der Waals surface area (Å²) in [5.74, 6) is 0.912. The zero-order valence-electron chi connectivity index (χ0n) is 17.4. The van der Waals surface area contributed by atoms with Crippen LogP contribution < -0.4 is 9.80 Å². The van der Waals surface area contributed by atoms with E-state index in [0.717, 1.165) is 16.2 Å². The molecular weight excluding hydrogens is 404 g/mol. The van der Waals surface area contributed by atoms with E-state index in [2.05, 4.69) is 10.2 Å². The highest BCUT2D eigenvalue weighted by atomic mass is 16.6. The highest BCUT2D eigenvalue weighted by Crippen LogP contribution is 2.35. The molecule has 0 atom stereocenters. The first-order valence-corrected chi connectivity index (χ1v) is 9.85. The van der Waals surface area contributed by atoms with Crippen LogP contribution in [-0.4, -0.2) is 57.4 Å². The summed E-state index contributed by atoms with van der Waals surface area (Å²) in [7, 11) is 0. The Balaban J connectivity index is 1.48. The number of carbonyl (C=O) groups excluding carboxylic acids is 2. The first-order chi connectivity index (χ1) is 14.6. The van der Waals surface area contributed by atoms with Gasteiger partial charge in [0, 0.05) is 30.9 Å². The van der Waals surface area contributed by atoms with Crippen LogP contribution in [0.1, 0.15) is 26.3 Å². The molecule has 4 rings (SSSR count). The van der Waals surface area contributed by atoms with Crippen LogP contribution in [0.4, 0.5) is 32.6 Å². The Morgan fingerprint density at radius 3 is 2.35 bits per heavy atom. The highest BCUT2D eigenvalue weighted by molar-refractivity contribution is 6.02. The molecule has 3 amide bonds. The molecule has 2 aliphatic rings. The number of nitrogens with zero attached hydrogens (tertiary/aromatic N) is 6. The number of fused-ring (bicyclic) bond motifs is 1. The SMILES string of the molecule is CC(C)(C)OC(=O)N1CCN(c2ccc(N3CCc4cc([N+](=O)[O-])ccc43)nn2)C1=O. The maximum absolute atomic E-state index is 12.6. The van der Waals surface area contributed by atoms with Crippen molar-refractivity contribution in [3.05, 3.63) is 46.0 Å². The number of ether oxygens (including phenoxy) is 1. The van der Waals surface area contributed by atoms with Crippen molar-refractivity contribution in [3.8, 4) is 0 Å². The molecule has 2 aromatic rings. The molecule has 0 saturated carbocycles. The lowest BCUT2D eigenvalue weighted by molar-refractivity contribution is -0.384. The van der Waals surface area contributed by atoms with Gasteiger partial charge in [0.05, 0.1) is 11.5 Å². The second kappa shape index (κ2) is 7.49. The van der Waals surface area contributed by atoms with E-state index in [-0.39, 0.29) is 12.2 Å². The van der Waals surface area contributed by atoms with Crippen molar-refractivity contribution in [2.75, 3.05) is 29.4 Å². The maximum atomic E-state index is 12.6.